The van der Waals surface area contributed by atoms with Gasteiger partial charge in [-0.1, -0.05) is 35.9 Å². The maximum absolute atomic E-state index is 12.4. The van der Waals surface area contributed by atoms with Gasteiger partial charge in [0.25, 0.3) is 0 Å². The summed E-state index contributed by atoms with van der Waals surface area (Å²) in [6.45, 7) is 1.13. The first-order valence-electron chi connectivity index (χ1n) is 8.74. The number of likely N-dealkylation sites (N-methyl/N-ethyl adjacent to an activating group) is 1. The molecule has 0 aliphatic carbocycles. The lowest BCUT2D eigenvalue weighted by Gasteiger charge is -2.18. The summed E-state index contributed by atoms with van der Waals surface area (Å²) >= 11 is 6.04. The SMILES string of the molecule is CN(CCOc1ccccc1Cl)C(=O)CCn1c(=O)n(C)c2ccccc21. The van der Waals surface area contributed by atoms with Gasteiger partial charge in [-0.3, -0.25) is 13.9 Å². The summed E-state index contributed by atoms with van der Waals surface area (Å²) in [7, 11) is 3.46. The maximum atomic E-state index is 12.4. The summed E-state index contributed by atoms with van der Waals surface area (Å²) in [5.41, 5.74) is 1.58. The number of ether oxygens (including phenoxy) is 1. The summed E-state index contributed by atoms with van der Waals surface area (Å²) in [5, 5.41) is 0.543. The van der Waals surface area contributed by atoms with Crippen LogP contribution in [0.1, 0.15) is 6.42 Å². The van der Waals surface area contributed by atoms with Gasteiger partial charge >= 0.3 is 5.69 Å². The van der Waals surface area contributed by atoms with Crippen molar-refractivity contribution in [2.24, 2.45) is 7.05 Å². The van der Waals surface area contributed by atoms with E-state index in [4.69, 9.17) is 16.3 Å². The molecule has 27 heavy (non-hydrogen) atoms. The minimum atomic E-state index is -0.117. The Morgan fingerprint density at radius 3 is 2.52 bits per heavy atom. The van der Waals surface area contributed by atoms with Crippen LogP contribution in [0.3, 0.4) is 0 Å². The topological polar surface area (TPSA) is 56.5 Å². The fraction of sp³-hybridized carbons (Fsp3) is 0.300. The van der Waals surface area contributed by atoms with Crippen molar-refractivity contribution in [3.8, 4) is 5.75 Å². The molecule has 0 radical (unpaired) electrons. The molecule has 1 heterocycles. The van der Waals surface area contributed by atoms with E-state index in [1.807, 2.05) is 36.4 Å². The summed E-state index contributed by atoms with van der Waals surface area (Å²) < 4.78 is 8.85. The maximum Gasteiger partial charge on any atom is 0.328 e. The highest BCUT2D eigenvalue weighted by atomic mass is 35.5. The molecule has 0 unspecified atom stereocenters. The van der Waals surface area contributed by atoms with E-state index in [-0.39, 0.29) is 18.0 Å². The van der Waals surface area contributed by atoms with Crippen molar-refractivity contribution in [1.82, 2.24) is 14.0 Å². The van der Waals surface area contributed by atoms with Crippen molar-refractivity contribution >= 4 is 28.5 Å². The number of para-hydroxylation sites is 3. The number of amides is 1. The monoisotopic (exact) mass is 387 g/mol. The fourth-order valence-corrected chi connectivity index (χ4v) is 3.15. The van der Waals surface area contributed by atoms with Gasteiger partial charge in [-0.05, 0) is 24.3 Å². The summed E-state index contributed by atoms with van der Waals surface area (Å²) in [6.07, 6.45) is 0.247. The first-order chi connectivity index (χ1) is 13.0. The number of fused-ring (bicyclic) bond motifs is 1. The number of aryl methyl sites for hydroxylation is 2. The van der Waals surface area contributed by atoms with Crippen molar-refractivity contribution in [3.05, 3.63) is 64.0 Å². The van der Waals surface area contributed by atoms with E-state index in [1.165, 1.54) is 0 Å². The van der Waals surface area contributed by atoms with Gasteiger partial charge in [-0.2, -0.15) is 0 Å². The van der Waals surface area contributed by atoms with E-state index in [0.717, 1.165) is 11.0 Å². The number of rotatable bonds is 7. The zero-order valence-electron chi connectivity index (χ0n) is 15.4. The second kappa shape index (κ2) is 8.31. The molecule has 7 heteroatoms. The highest BCUT2D eigenvalue weighted by Crippen LogP contribution is 2.22. The predicted molar refractivity (Wildman–Crippen MR) is 106 cm³/mol. The number of carbonyl (C=O) groups excluding carboxylic acids is 1. The van der Waals surface area contributed by atoms with Gasteiger partial charge in [0.05, 0.1) is 22.6 Å². The number of imidazole rings is 1. The number of halogens is 1. The van der Waals surface area contributed by atoms with Crippen molar-refractivity contribution < 1.29 is 9.53 Å². The molecule has 142 valence electrons. The summed E-state index contributed by atoms with van der Waals surface area (Å²) in [6, 6.07) is 14.8. The van der Waals surface area contributed by atoms with Gasteiger partial charge < -0.3 is 9.64 Å². The zero-order valence-corrected chi connectivity index (χ0v) is 16.1. The molecule has 1 aromatic heterocycles. The van der Waals surface area contributed by atoms with Gasteiger partial charge in [0, 0.05) is 27.1 Å². The quantitative estimate of drug-likeness (QED) is 0.626. The van der Waals surface area contributed by atoms with Crippen LogP contribution in [0.2, 0.25) is 5.02 Å². The molecule has 3 rings (SSSR count). The standard InChI is InChI=1S/C20H22ClN3O3/c1-22(13-14-27-18-10-6-3-7-15(18)21)19(25)11-12-24-17-9-5-4-8-16(17)23(2)20(24)26/h3-10H,11-14H2,1-2H3. The molecule has 0 saturated heterocycles. The summed E-state index contributed by atoms with van der Waals surface area (Å²) in [4.78, 5) is 26.4. The molecule has 0 atom stereocenters. The Labute approximate surface area is 162 Å². The molecule has 0 bridgehead atoms. The molecular weight excluding hydrogens is 366 g/mol. The molecule has 0 aliphatic rings. The highest BCUT2D eigenvalue weighted by molar-refractivity contribution is 6.32. The van der Waals surface area contributed by atoms with Gasteiger partial charge in [0.15, 0.2) is 0 Å². The Hall–Kier alpha value is -2.73. The van der Waals surface area contributed by atoms with Gasteiger partial charge in [-0.15, -0.1) is 0 Å². The summed E-state index contributed by atoms with van der Waals surface area (Å²) in [5.74, 6) is 0.555. The van der Waals surface area contributed by atoms with Crippen LogP contribution < -0.4 is 10.4 Å². The lowest BCUT2D eigenvalue weighted by atomic mass is 10.3. The van der Waals surface area contributed by atoms with Crippen LogP contribution in [0.5, 0.6) is 5.75 Å². The Bertz CT molecular complexity index is 1010. The molecule has 0 spiro atoms. The van der Waals surface area contributed by atoms with Crippen LogP contribution in [-0.4, -0.2) is 40.1 Å². The third kappa shape index (κ3) is 4.17. The molecule has 0 fully saturated rings. The Morgan fingerprint density at radius 1 is 1.11 bits per heavy atom. The van der Waals surface area contributed by atoms with E-state index in [9.17, 15) is 9.59 Å². The van der Waals surface area contributed by atoms with E-state index in [1.54, 1.807) is 40.3 Å². The third-order valence-electron chi connectivity index (χ3n) is 4.55. The second-order valence-corrected chi connectivity index (χ2v) is 6.73. The Balaban J connectivity index is 1.56. The third-order valence-corrected chi connectivity index (χ3v) is 4.86. The van der Waals surface area contributed by atoms with Crippen molar-refractivity contribution in [2.75, 3.05) is 20.2 Å². The number of aromatic nitrogens is 2. The normalized spacial score (nSPS) is 10.9. The van der Waals surface area contributed by atoms with Crippen LogP contribution in [0.15, 0.2) is 53.3 Å². The van der Waals surface area contributed by atoms with Gasteiger partial charge in [0.2, 0.25) is 5.91 Å². The largest absolute Gasteiger partial charge is 0.490 e. The average Bonchev–Trinajstić information content (AvgIpc) is 2.92. The molecule has 0 saturated carbocycles. The number of hydrogen-bond donors (Lipinski definition) is 0. The average molecular weight is 388 g/mol. The van der Waals surface area contributed by atoms with Crippen LogP contribution in [-0.2, 0) is 18.4 Å². The molecule has 2 aromatic carbocycles. The predicted octanol–water partition coefficient (Wildman–Crippen LogP) is 2.92. The highest BCUT2D eigenvalue weighted by Gasteiger charge is 2.14. The lowest BCUT2D eigenvalue weighted by molar-refractivity contribution is -0.130. The smallest absolute Gasteiger partial charge is 0.328 e. The van der Waals surface area contributed by atoms with Gasteiger partial charge in [0.1, 0.15) is 12.4 Å². The Morgan fingerprint density at radius 2 is 1.78 bits per heavy atom. The number of benzene rings is 2. The first kappa shape index (κ1) is 19.0. The zero-order chi connectivity index (χ0) is 19.4. The Kier molecular flexibility index (Phi) is 5.86. The number of nitrogens with zero attached hydrogens (tertiary/aromatic N) is 3. The van der Waals surface area contributed by atoms with E-state index in [2.05, 4.69) is 0 Å². The van der Waals surface area contributed by atoms with Crippen LogP contribution in [0.4, 0.5) is 0 Å². The minimum Gasteiger partial charge on any atom is -0.490 e. The van der Waals surface area contributed by atoms with E-state index in [0.29, 0.717) is 30.5 Å². The first-order valence-corrected chi connectivity index (χ1v) is 9.12. The van der Waals surface area contributed by atoms with Crippen LogP contribution in [0, 0.1) is 0 Å². The molecule has 3 aromatic rings. The van der Waals surface area contributed by atoms with Crippen molar-refractivity contribution in [2.45, 2.75) is 13.0 Å². The molecule has 0 N–H and O–H groups in total. The van der Waals surface area contributed by atoms with Crippen molar-refractivity contribution in [3.63, 3.8) is 0 Å². The van der Waals surface area contributed by atoms with E-state index >= 15 is 0 Å². The number of carbonyl (C=O) groups is 1. The van der Waals surface area contributed by atoms with Gasteiger partial charge in [-0.25, -0.2) is 4.79 Å². The van der Waals surface area contributed by atoms with Crippen LogP contribution in [0.25, 0.3) is 11.0 Å². The molecular formula is C20H22ClN3O3. The van der Waals surface area contributed by atoms with Crippen molar-refractivity contribution in [1.29, 1.82) is 0 Å². The molecule has 0 aliphatic heterocycles. The lowest BCUT2D eigenvalue weighted by Crippen LogP contribution is -2.32. The second-order valence-electron chi connectivity index (χ2n) is 6.33. The number of hydrogen-bond acceptors (Lipinski definition) is 3. The minimum absolute atomic E-state index is 0.0439. The van der Waals surface area contributed by atoms with Crippen LogP contribution >= 0.6 is 11.6 Å². The molecule has 6 nitrogen and oxygen atoms in total. The molecule has 1 amide bonds. The van der Waals surface area contributed by atoms with E-state index < -0.39 is 0 Å². The fourth-order valence-electron chi connectivity index (χ4n) is 2.96.